The van der Waals surface area contributed by atoms with E-state index in [1.54, 1.807) is 0 Å². The molecule has 128 valence electrons. The fraction of sp³-hybridized carbons (Fsp3) is 0.261. The minimum atomic E-state index is 0.585. The average Bonchev–Trinajstić information content (AvgIpc) is 2.88. The number of anilines is 1. The second-order valence-electron chi connectivity index (χ2n) is 7.05. The van der Waals surface area contributed by atoms with E-state index in [2.05, 4.69) is 43.9 Å². The van der Waals surface area contributed by atoms with Gasteiger partial charge in [-0.1, -0.05) is 42.0 Å². The van der Waals surface area contributed by atoms with Crippen molar-refractivity contribution in [2.45, 2.75) is 27.2 Å². The number of benzene rings is 2. The second-order valence-corrected chi connectivity index (χ2v) is 7.05. The van der Waals surface area contributed by atoms with Crippen LogP contribution in [0.25, 0.3) is 5.57 Å². The Morgan fingerprint density at radius 3 is 2.16 bits per heavy atom. The van der Waals surface area contributed by atoms with Crippen molar-refractivity contribution in [3.8, 4) is 0 Å². The maximum Gasteiger partial charge on any atom is 0.0691 e. The fourth-order valence-electron chi connectivity index (χ4n) is 3.41. The Labute approximate surface area is 151 Å². The zero-order chi connectivity index (χ0) is 18.1. The summed E-state index contributed by atoms with van der Waals surface area (Å²) in [7, 11) is 4.09. The summed E-state index contributed by atoms with van der Waals surface area (Å²) in [6.45, 7) is 6.62. The van der Waals surface area contributed by atoms with Crippen LogP contribution in [0.4, 0.5) is 5.69 Å². The van der Waals surface area contributed by atoms with E-state index >= 15 is 0 Å². The number of hydrogen-bond donors (Lipinski definition) is 1. The van der Waals surface area contributed by atoms with Crippen LogP contribution in [0.15, 0.2) is 65.3 Å². The molecule has 2 aromatic carbocycles. The van der Waals surface area contributed by atoms with Crippen molar-refractivity contribution in [3.05, 3.63) is 81.9 Å². The van der Waals surface area contributed by atoms with Crippen LogP contribution in [0.1, 0.15) is 43.9 Å². The van der Waals surface area contributed by atoms with Crippen LogP contribution < -0.4 is 4.90 Å². The van der Waals surface area contributed by atoms with Gasteiger partial charge in [0.25, 0.3) is 0 Å². The van der Waals surface area contributed by atoms with Gasteiger partial charge in [0.15, 0.2) is 0 Å². The third-order valence-electron chi connectivity index (χ3n) is 5.27. The van der Waals surface area contributed by atoms with E-state index in [0.717, 1.165) is 23.2 Å². The van der Waals surface area contributed by atoms with Gasteiger partial charge in [0.05, 0.1) is 5.71 Å². The lowest BCUT2D eigenvalue weighted by Gasteiger charge is -2.19. The Hall–Kier alpha value is -2.61. The Morgan fingerprint density at radius 1 is 0.920 bits per heavy atom. The highest BCUT2D eigenvalue weighted by molar-refractivity contribution is 6.14. The van der Waals surface area contributed by atoms with Crippen LogP contribution in [0.3, 0.4) is 0 Å². The number of nitrogens with zero attached hydrogens (tertiary/aromatic N) is 1. The molecular formula is C23H26N2. The Morgan fingerprint density at radius 2 is 1.60 bits per heavy atom. The van der Waals surface area contributed by atoms with E-state index < -0.39 is 0 Å². The molecule has 0 fully saturated rings. The summed E-state index contributed by atoms with van der Waals surface area (Å²) in [6.07, 6.45) is 0.980. The van der Waals surface area contributed by atoms with E-state index in [9.17, 15) is 0 Å². The van der Waals surface area contributed by atoms with Crippen LogP contribution in [-0.2, 0) is 0 Å². The fourth-order valence-corrected chi connectivity index (χ4v) is 3.41. The molecule has 3 rings (SSSR count). The van der Waals surface area contributed by atoms with Gasteiger partial charge >= 0.3 is 0 Å². The molecule has 0 saturated heterocycles. The van der Waals surface area contributed by atoms with Gasteiger partial charge in [-0.25, -0.2) is 0 Å². The topological polar surface area (TPSA) is 27.1 Å². The molecule has 0 atom stereocenters. The minimum Gasteiger partial charge on any atom is -0.378 e. The summed E-state index contributed by atoms with van der Waals surface area (Å²) in [5.41, 5.74) is 10.4. The van der Waals surface area contributed by atoms with Gasteiger partial charge < -0.3 is 4.90 Å². The van der Waals surface area contributed by atoms with Crippen LogP contribution in [0, 0.1) is 5.41 Å². The largest absolute Gasteiger partial charge is 0.378 e. The summed E-state index contributed by atoms with van der Waals surface area (Å²) < 4.78 is 0. The van der Waals surface area contributed by atoms with E-state index in [1.807, 2.05) is 44.4 Å². The van der Waals surface area contributed by atoms with E-state index in [4.69, 9.17) is 5.41 Å². The van der Waals surface area contributed by atoms with Crippen molar-refractivity contribution < 1.29 is 0 Å². The summed E-state index contributed by atoms with van der Waals surface area (Å²) in [4.78, 5) is 2.09. The normalized spacial score (nSPS) is 14.3. The maximum atomic E-state index is 8.82. The van der Waals surface area contributed by atoms with Gasteiger partial charge in [-0.15, -0.1) is 0 Å². The Bertz CT molecular complexity index is 884. The summed E-state index contributed by atoms with van der Waals surface area (Å²) in [6, 6.07) is 16.5. The Kier molecular flexibility index (Phi) is 4.63. The predicted molar refractivity (Wildman–Crippen MR) is 109 cm³/mol. The lowest BCUT2D eigenvalue weighted by Crippen LogP contribution is -2.12. The molecule has 2 aromatic rings. The number of nitrogens with one attached hydrogen (secondary N) is 1. The molecular weight excluding hydrogens is 304 g/mol. The monoisotopic (exact) mass is 330 g/mol. The van der Waals surface area contributed by atoms with Gasteiger partial charge in [0.2, 0.25) is 0 Å². The quantitative estimate of drug-likeness (QED) is 0.717. The molecule has 0 amide bonds. The van der Waals surface area contributed by atoms with Crippen molar-refractivity contribution in [1.82, 2.24) is 0 Å². The standard InChI is InChI=1S/C23H26N2/c1-15-13-21(17(3)16(15)2)20-12-11-19(25(4)5)14-22(20)23(24)18-9-7-6-8-10-18/h6-12,14,24H,13H2,1-5H3. The summed E-state index contributed by atoms with van der Waals surface area (Å²) in [5, 5.41) is 8.82. The van der Waals surface area contributed by atoms with Crippen LogP contribution in [0.5, 0.6) is 0 Å². The van der Waals surface area contributed by atoms with Gasteiger partial charge in [0.1, 0.15) is 0 Å². The third-order valence-corrected chi connectivity index (χ3v) is 5.27. The average molecular weight is 330 g/mol. The molecule has 2 nitrogen and oxygen atoms in total. The molecule has 0 radical (unpaired) electrons. The molecule has 0 aliphatic heterocycles. The van der Waals surface area contributed by atoms with E-state index in [1.165, 1.54) is 27.9 Å². The van der Waals surface area contributed by atoms with Crippen molar-refractivity contribution in [1.29, 1.82) is 5.41 Å². The van der Waals surface area contributed by atoms with Crippen molar-refractivity contribution in [2.24, 2.45) is 0 Å². The van der Waals surface area contributed by atoms with Crippen LogP contribution in [-0.4, -0.2) is 19.8 Å². The highest BCUT2D eigenvalue weighted by atomic mass is 15.1. The molecule has 0 spiro atoms. The highest BCUT2D eigenvalue weighted by Crippen LogP contribution is 2.40. The molecule has 0 saturated carbocycles. The number of allylic oxidation sites excluding steroid dienone is 4. The molecule has 2 heteroatoms. The molecule has 1 N–H and O–H groups in total. The summed E-state index contributed by atoms with van der Waals surface area (Å²) >= 11 is 0. The first-order valence-corrected chi connectivity index (χ1v) is 8.72. The number of rotatable bonds is 4. The maximum absolute atomic E-state index is 8.82. The molecule has 0 heterocycles. The van der Waals surface area contributed by atoms with Crippen LogP contribution >= 0.6 is 0 Å². The molecule has 0 bridgehead atoms. The third kappa shape index (κ3) is 3.17. The lowest BCUT2D eigenvalue weighted by molar-refractivity contribution is 1.13. The van der Waals surface area contributed by atoms with E-state index in [-0.39, 0.29) is 0 Å². The second kappa shape index (κ2) is 6.72. The zero-order valence-electron chi connectivity index (χ0n) is 15.8. The van der Waals surface area contributed by atoms with Crippen molar-refractivity contribution >= 4 is 17.0 Å². The number of hydrogen-bond acceptors (Lipinski definition) is 2. The van der Waals surface area contributed by atoms with Crippen molar-refractivity contribution in [3.63, 3.8) is 0 Å². The SMILES string of the molecule is CC1=C(C)C(C)=C(c2ccc(N(C)C)cc2C(=N)c2ccccc2)C1. The smallest absolute Gasteiger partial charge is 0.0691 e. The Balaban J connectivity index is 2.16. The van der Waals surface area contributed by atoms with Gasteiger partial charge in [-0.05, 0) is 61.6 Å². The minimum absolute atomic E-state index is 0.585. The van der Waals surface area contributed by atoms with Crippen LogP contribution in [0.2, 0.25) is 0 Å². The van der Waals surface area contributed by atoms with Gasteiger partial charge in [-0.2, -0.15) is 0 Å². The molecule has 0 unspecified atom stereocenters. The zero-order valence-corrected chi connectivity index (χ0v) is 15.8. The highest BCUT2D eigenvalue weighted by Gasteiger charge is 2.21. The van der Waals surface area contributed by atoms with Gasteiger partial charge in [0, 0.05) is 30.9 Å². The molecule has 1 aliphatic rings. The first-order chi connectivity index (χ1) is 11.9. The molecule has 1 aliphatic carbocycles. The molecule has 25 heavy (non-hydrogen) atoms. The van der Waals surface area contributed by atoms with Gasteiger partial charge in [-0.3, -0.25) is 5.41 Å². The lowest BCUT2D eigenvalue weighted by atomic mass is 9.90. The first kappa shape index (κ1) is 17.2. The van der Waals surface area contributed by atoms with Crippen molar-refractivity contribution in [2.75, 3.05) is 19.0 Å². The predicted octanol–water partition coefficient (Wildman–Crippen LogP) is 5.68. The summed E-state index contributed by atoms with van der Waals surface area (Å²) in [5.74, 6) is 0. The first-order valence-electron chi connectivity index (χ1n) is 8.72. The van der Waals surface area contributed by atoms with E-state index in [0.29, 0.717) is 5.71 Å². The molecule has 0 aromatic heterocycles.